The molecule has 3 heteroatoms. The third-order valence-corrected chi connectivity index (χ3v) is 5.85. The molecule has 1 atom stereocenters. The van der Waals surface area contributed by atoms with E-state index >= 15 is 0 Å². The predicted octanol–water partition coefficient (Wildman–Crippen LogP) is 6.79. The van der Waals surface area contributed by atoms with E-state index < -0.39 is 0 Å². The normalized spacial score (nSPS) is 16.0. The molecular weight excluding hydrogens is 344 g/mol. The molecule has 0 saturated heterocycles. The van der Waals surface area contributed by atoms with Crippen LogP contribution in [0.5, 0.6) is 5.75 Å². The predicted molar refractivity (Wildman–Crippen MR) is 117 cm³/mol. The molecule has 0 amide bonds. The smallest absolute Gasteiger partial charge is 0.159 e. The molecule has 1 unspecified atom stereocenters. The van der Waals surface area contributed by atoms with Crippen LogP contribution in [0.2, 0.25) is 0 Å². The fourth-order valence-electron chi connectivity index (χ4n) is 4.07. The summed E-state index contributed by atoms with van der Waals surface area (Å²) in [5, 5.41) is 0. The van der Waals surface area contributed by atoms with E-state index in [2.05, 4.69) is 37.2 Å². The van der Waals surface area contributed by atoms with Gasteiger partial charge in [0.05, 0.1) is 6.61 Å². The van der Waals surface area contributed by atoms with Crippen LogP contribution in [0.25, 0.3) is 11.4 Å². The number of benzene rings is 1. The molecule has 28 heavy (non-hydrogen) atoms. The van der Waals surface area contributed by atoms with Crippen molar-refractivity contribution in [3.05, 3.63) is 41.7 Å². The van der Waals surface area contributed by atoms with E-state index in [1.54, 1.807) is 0 Å². The highest BCUT2D eigenvalue weighted by molar-refractivity contribution is 5.56. The zero-order valence-corrected chi connectivity index (χ0v) is 17.8. The molecule has 1 aliphatic rings. The van der Waals surface area contributed by atoms with Gasteiger partial charge in [-0.2, -0.15) is 0 Å². The first-order valence-electron chi connectivity index (χ1n) is 11.4. The zero-order chi connectivity index (χ0) is 19.6. The molecule has 0 fully saturated rings. The number of unbranched alkanes of at least 4 members (excludes halogenated alkanes) is 5. The number of hydrogen-bond donors (Lipinski definition) is 0. The minimum absolute atomic E-state index is 0.794. The Morgan fingerprint density at radius 3 is 2.54 bits per heavy atom. The van der Waals surface area contributed by atoms with Crippen LogP contribution in [0, 0.1) is 5.92 Å². The zero-order valence-electron chi connectivity index (χ0n) is 17.8. The fourth-order valence-corrected chi connectivity index (χ4v) is 4.07. The minimum atomic E-state index is 0.794. The van der Waals surface area contributed by atoms with Gasteiger partial charge in [0.1, 0.15) is 5.75 Å². The highest BCUT2D eigenvalue weighted by atomic mass is 16.5. The van der Waals surface area contributed by atoms with Gasteiger partial charge in [0.2, 0.25) is 0 Å². The summed E-state index contributed by atoms with van der Waals surface area (Å²) >= 11 is 0. The van der Waals surface area contributed by atoms with Crippen LogP contribution in [-0.2, 0) is 12.8 Å². The SMILES string of the molecule is CCCCCCC1CCc2nc(-c3ccc(OCCCCC)cc3)ncc2C1. The van der Waals surface area contributed by atoms with Gasteiger partial charge in [0, 0.05) is 17.5 Å². The molecule has 1 heterocycles. The molecular formula is C25H36N2O. The minimum Gasteiger partial charge on any atom is -0.494 e. The van der Waals surface area contributed by atoms with Gasteiger partial charge in [-0.1, -0.05) is 58.8 Å². The molecule has 1 aliphatic carbocycles. The lowest BCUT2D eigenvalue weighted by atomic mass is 9.84. The van der Waals surface area contributed by atoms with Gasteiger partial charge in [0.25, 0.3) is 0 Å². The number of hydrogen-bond acceptors (Lipinski definition) is 3. The Labute approximate surface area is 171 Å². The maximum absolute atomic E-state index is 5.81. The standard InChI is InChI=1S/C25H36N2O/c1-3-5-7-8-10-20-11-16-24-22(18-20)19-26-25(27-24)21-12-14-23(15-13-21)28-17-9-6-4-2/h12-15,19-20H,3-11,16-18H2,1-2H3. The first kappa shape index (κ1) is 20.8. The number of aromatic nitrogens is 2. The van der Waals surface area contributed by atoms with Gasteiger partial charge in [-0.25, -0.2) is 9.97 Å². The second-order valence-corrected chi connectivity index (χ2v) is 8.20. The lowest BCUT2D eigenvalue weighted by Crippen LogP contribution is -2.16. The van der Waals surface area contributed by atoms with E-state index in [0.29, 0.717) is 0 Å². The molecule has 0 radical (unpaired) electrons. The summed E-state index contributed by atoms with van der Waals surface area (Å²) in [4.78, 5) is 9.56. The van der Waals surface area contributed by atoms with E-state index in [-0.39, 0.29) is 0 Å². The van der Waals surface area contributed by atoms with Crippen LogP contribution in [0.4, 0.5) is 0 Å². The van der Waals surface area contributed by atoms with E-state index in [4.69, 9.17) is 9.72 Å². The molecule has 0 spiro atoms. The van der Waals surface area contributed by atoms with Gasteiger partial charge in [-0.3, -0.25) is 0 Å². The summed E-state index contributed by atoms with van der Waals surface area (Å²) in [6.07, 6.45) is 16.0. The first-order chi connectivity index (χ1) is 13.8. The Hall–Kier alpha value is -1.90. The van der Waals surface area contributed by atoms with Crippen LogP contribution >= 0.6 is 0 Å². The van der Waals surface area contributed by atoms with Crippen molar-refractivity contribution in [1.29, 1.82) is 0 Å². The number of rotatable bonds is 11. The highest BCUT2D eigenvalue weighted by Gasteiger charge is 2.20. The molecule has 0 saturated carbocycles. The van der Waals surface area contributed by atoms with Crippen LogP contribution in [-0.4, -0.2) is 16.6 Å². The fraction of sp³-hybridized carbons (Fsp3) is 0.600. The number of fused-ring (bicyclic) bond motifs is 1. The van der Waals surface area contributed by atoms with E-state index in [1.807, 2.05) is 12.1 Å². The lowest BCUT2D eigenvalue weighted by molar-refractivity contribution is 0.306. The molecule has 1 aromatic heterocycles. The summed E-state index contributed by atoms with van der Waals surface area (Å²) < 4.78 is 5.81. The van der Waals surface area contributed by atoms with E-state index in [1.165, 1.54) is 62.6 Å². The van der Waals surface area contributed by atoms with Gasteiger partial charge in [-0.05, 0) is 61.4 Å². The Morgan fingerprint density at radius 2 is 1.75 bits per heavy atom. The summed E-state index contributed by atoms with van der Waals surface area (Å²) in [7, 11) is 0. The molecule has 3 rings (SSSR count). The van der Waals surface area contributed by atoms with Crippen LogP contribution in [0.1, 0.15) is 82.9 Å². The maximum atomic E-state index is 5.81. The van der Waals surface area contributed by atoms with Gasteiger partial charge in [0.15, 0.2) is 5.82 Å². The molecule has 1 aromatic carbocycles. The van der Waals surface area contributed by atoms with Crippen molar-refractivity contribution in [2.75, 3.05) is 6.61 Å². The summed E-state index contributed by atoms with van der Waals surface area (Å²) in [5.41, 5.74) is 3.70. The highest BCUT2D eigenvalue weighted by Crippen LogP contribution is 2.29. The topological polar surface area (TPSA) is 35.0 Å². The Bertz CT molecular complexity index is 711. The van der Waals surface area contributed by atoms with Crippen molar-refractivity contribution in [2.45, 2.75) is 84.5 Å². The average Bonchev–Trinajstić information content (AvgIpc) is 2.74. The van der Waals surface area contributed by atoms with Gasteiger partial charge < -0.3 is 4.74 Å². The second-order valence-electron chi connectivity index (χ2n) is 8.20. The largest absolute Gasteiger partial charge is 0.494 e. The molecule has 152 valence electrons. The number of nitrogens with zero attached hydrogens (tertiary/aromatic N) is 2. The second kappa shape index (κ2) is 11.2. The quantitative estimate of drug-likeness (QED) is 0.403. The number of aryl methyl sites for hydroxylation is 1. The third-order valence-electron chi connectivity index (χ3n) is 5.85. The Morgan fingerprint density at radius 1 is 0.964 bits per heavy atom. The van der Waals surface area contributed by atoms with E-state index in [0.717, 1.165) is 48.9 Å². The van der Waals surface area contributed by atoms with Crippen LogP contribution in [0.3, 0.4) is 0 Å². The molecule has 0 bridgehead atoms. The van der Waals surface area contributed by atoms with Gasteiger partial charge in [-0.15, -0.1) is 0 Å². The third kappa shape index (κ3) is 6.05. The van der Waals surface area contributed by atoms with Gasteiger partial charge >= 0.3 is 0 Å². The van der Waals surface area contributed by atoms with Crippen molar-refractivity contribution in [1.82, 2.24) is 9.97 Å². The average molecular weight is 381 g/mol. The lowest BCUT2D eigenvalue weighted by Gasteiger charge is -2.24. The van der Waals surface area contributed by atoms with Crippen molar-refractivity contribution in [3.8, 4) is 17.1 Å². The molecule has 0 aliphatic heterocycles. The molecule has 2 aromatic rings. The Balaban J connectivity index is 1.55. The summed E-state index contributed by atoms with van der Waals surface area (Å²) in [5.74, 6) is 2.60. The summed E-state index contributed by atoms with van der Waals surface area (Å²) in [6, 6.07) is 8.24. The van der Waals surface area contributed by atoms with Crippen molar-refractivity contribution in [2.24, 2.45) is 5.92 Å². The molecule has 3 nitrogen and oxygen atoms in total. The van der Waals surface area contributed by atoms with Crippen LogP contribution in [0.15, 0.2) is 30.5 Å². The van der Waals surface area contributed by atoms with E-state index in [9.17, 15) is 0 Å². The monoisotopic (exact) mass is 380 g/mol. The van der Waals surface area contributed by atoms with Crippen LogP contribution < -0.4 is 4.74 Å². The summed E-state index contributed by atoms with van der Waals surface area (Å²) in [6.45, 7) is 5.28. The number of ether oxygens (including phenoxy) is 1. The Kier molecular flexibility index (Phi) is 8.32. The molecule has 0 N–H and O–H groups in total. The van der Waals surface area contributed by atoms with Crippen molar-refractivity contribution < 1.29 is 4.74 Å². The van der Waals surface area contributed by atoms with Crippen molar-refractivity contribution >= 4 is 0 Å². The van der Waals surface area contributed by atoms with Crippen molar-refractivity contribution in [3.63, 3.8) is 0 Å². The first-order valence-corrected chi connectivity index (χ1v) is 11.4. The maximum Gasteiger partial charge on any atom is 0.159 e.